The van der Waals surface area contributed by atoms with E-state index in [1.165, 1.54) is 66.1 Å². The zero-order chi connectivity index (χ0) is 29.7. The summed E-state index contributed by atoms with van der Waals surface area (Å²) in [5.74, 6) is 0. The molecule has 0 fully saturated rings. The monoisotopic (exact) mass is 571 g/mol. The van der Waals surface area contributed by atoms with Gasteiger partial charge in [-0.15, -0.1) is 0 Å². The van der Waals surface area contributed by atoms with Crippen LogP contribution in [0.2, 0.25) is 0 Å². The van der Waals surface area contributed by atoms with Crippen LogP contribution in [-0.2, 0) is 0 Å². The lowest BCUT2D eigenvalue weighted by Gasteiger charge is -2.28. The Kier molecular flexibility index (Phi) is 5.89. The van der Waals surface area contributed by atoms with Crippen LogP contribution in [0.25, 0.3) is 66.1 Å². The summed E-state index contributed by atoms with van der Waals surface area (Å²) in [4.78, 5) is 2.35. The molecule has 0 radical (unpaired) electrons. The maximum Gasteiger partial charge on any atom is 0.0468 e. The second kappa shape index (κ2) is 10.4. The average Bonchev–Trinajstić information content (AvgIpc) is 3.11. The molecule has 0 aromatic heterocycles. The summed E-state index contributed by atoms with van der Waals surface area (Å²) >= 11 is 0. The van der Waals surface area contributed by atoms with Gasteiger partial charge in [0.2, 0.25) is 0 Å². The van der Waals surface area contributed by atoms with Crippen LogP contribution in [0.15, 0.2) is 176 Å². The number of fused-ring (bicyclic) bond motifs is 6. The largest absolute Gasteiger partial charge is 0.310 e. The van der Waals surface area contributed by atoms with Crippen molar-refractivity contribution in [3.05, 3.63) is 176 Å². The molecule has 45 heavy (non-hydrogen) atoms. The highest BCUT2D eigenvalue weighted by atomic mass is 15.1. The van der Waals surface area contributed by atoms with E-state index < -0.39 is 0 Å². The smallest absolute Gasteiger partial charge is 0.0468 e. The van der Waals surface area contributed by atoms with Crippen molar-refractivity contribution >= 4 is 38.6 Å². The number of rotatable bonds is 5. The predicted molar refractivity (Wildman–Crippen MR) is 191 cm³/mol. The lowest BCUT2D eigenvalue weighted by atomic mass is 9.77. The van der Waals surface area contributed by atoms with Gasteiger partial charge in [-0.25, -0.2) is 0 Å². The molecule has 1 heteroatoms. The second-order valence-corrected chi connectivity index (χ2v) is 11.8. The molecule has 0 heterocycles. The minimum absolute atomic E-state index is 1.14. The predicted octanol–water partition coefficient (Wildman–Crippen LogP) is 12.4. The van der Waals surface area contributed by atoms with Gasteiger partial charge in [-0.1, -0.05) is 109 Å². The van der Waals surface area contributed by atoms with Crippen LogP contribution in [0.3, 0.4) is 0 Å². The maximum absolute atomic E-state index is 2.38. The van der Waals surface area contributed by atoms with Crippen LogP contribution in [0.5, 0.6) is 0 Å². The topological polar surface area (TPSA) is 3.24 Å². The molecule has 0 saturated heterocycles. The molecule has 1 nitrogen and oxygen atoms in total. The van der Waals surface area contributed by atoms with E-state index in [1.807, 2.05) is 0 Å². The molecule has 0 N–H and O–H groups in total. The van der Waals surface area contributed by atoms with Gasteiger partial charge in [0, 0.05) is 17.1 Å². The summed E-state index contributed by atoms with van der Waals surface area (Å²) in [5.41, 5.74) is 13.7. The number of para-hydroxylation sites is 1. The molecule has 0 aliphatic heterocycles. The van der Waals surface area contributed by atoms with Gasteiger partial charge in [0.15, 0.2) is 0 Å². The second-order valence-electron chi connectivity index (χ2n) is 11.8. The zero-order valence-electron chi connectivity index (χ0n) is 24.7. The Morgan fingerprint density at radius 1 is 0.244 bits per heavy atom. The quantitative estimate of drug-likeness (QED) is 0.199. The Morgan fingerprint density at radius 2 is 0.644 bits per heavy atom. The molecular formula is C44H29N. The van der Waals surface area contributed by atoms with Crippen molar-refractivity contribution in [1.82, 2.24) is 0 Å². The first-order chi connectivity index (χ1) is 22.3. The third kappa shape index (κ3) is 4.41. The average molecular weight is 572 g/mol. The van der Waals surface area contributed by atoms with Gasteiger partial charge < -0.3 is 4.90 Å². The van der Waals surface area contributed by atoms with Crippen LogP contribution in [0.4, 0.5) is 17.1 Å². The third-order valence-corrected chi connectivity index (χ3v) is 9.13. The highest BCUT2D eigenvalue weighted by molar-refractivity contribution is 6.12. The fourth-order valence-corrected chi connectivity index (χ4v) is 6.82. The number of benzene rings is 8. The maximum atomic E-state index is 2.38. The Labute approximate surface area is 263 Å². The van der Waals surface area contributed by atoms with Gasteiger partial charge in [-0.05, 0) is 133 Å². The first kappa shape index (κ1) is 25.6. The van der Waals surface area contributed by atoms with Crippen molar-refractivity contribution in [3.63, 3.8) is 0 Å². The van der Waals surface area contributed by atoms with Crippen molar-refractivity contribution < 1.29 is 0 Å². The molecule has 0 saturated carbocycles. The molecule has 1 aliphatic carbocycles. The van der Waals surface area contributed by atoms with Gasteiger partial charge >= 0.3 is 0 Å². The number of anilines is 3. The van der Waals surface area contributed by atoms with E-state index in [0.29, 0.717) is 0 Å². The van der Waals surface area contributed by atoms with E-state index in [1.54, 1.807) is 0 Å². The van der Waals surface area contributed by atoms with E-state index in [4.69, 9.17) is 0 Å². The van der Waals surface area contributed by atoms with Crippen molar-refractivity contribution in [2.75, 3.05) is 4.90 Å². The van der Waals surface area contributed by atoms with Gasteiger partial charge in [0.25, 0.3) is 0 Å². The third-order valence-electron chi connectivity index (χ3n) is 9.13. The molecule has 0 unspecified atom stereocenters. The van der Waals surface area contributed by atoms with E-state index >= 15 is 0 Å². The summed E-state index contributed by atoms with van der Waals surface area (Å²) in [6.07, 6.45) is 0. The minimum atomic E-state index is 1.14. The SMILES string of the molecule is c1ccc(-c2ccc(N(c3ccccc3)c3ccc4cc5c(cc4c3)-c3cc4ccc(-c6ccccc6)cc4cc3-5)cc2)cc1. The van der Waals surface area contributed by atoms with Gasteiger partial charge in [-0.3, -0.25) is 0 Å². The Morgan fingerprint density at radius 3 is 1.24 bits per heavy atom. The van der Waals surface area contributed by atoms with Crippen molar-refractivity contribution in [3.8, 4) is 44.5 Å². The van der Waals surface area contributed by atoms with Crippen LogP contribution < -0.4 is 4.90 Å². The van der Waals surface area contributed by atoms with E-state index in [9.17, 15) is 0 Å². The van der Waals surface area contributed by atoms with E-state index in [0.717, 1.165) is 17.1 Å². The summed E-state index contributed by atoms with van der Waals surface area (Å²) in [7, 11) is 0. The molecule has 1 aliphatic rings. The van der Waals surface area contributed by atoms with Crippen molar-refractivity contribution in [2.45, 2.75) is 0 Å². The fraction of sp³-hybridized carbons (Fsp3) is 0. The molecule has 0 bridgehead atoms. The molecule has 8 aromatic rings. The normalized spacial score (nSPS) is 11.6. The standard InChI is InChI=1S/C44H29N/c1-4-10-30(11-5-1)32-18-21-39(22-19-32)45(38-14-8-3-9-15-38)40-23-20-35-27-42-43-28-36-24-33(31-12-6-2-7-13-31)16-17-34(36)26-41(43)44(42)29-37(35)25-40/h1-29H. The van der Waals surface area contributed by atoms with Crippen LogP contribution in [0.1, 0.15) is 0 Å². The molecule has 0 atom stereocenters. The first-order valence-electron chi connectivity index (χ1n) is 15.5. The summed E-state index contributed by atoms with van der Waals surface area (Å²) in [6.45, 7) is 0. The summed E-state index contributed by atoms with van der Waals surface area (Å²) in [6, 6.07) is 63.9. The molecular weight excluding hydrogens is 542 g/mol. The van der Waals surface area contributed by atoms with Crippen molar-refractivity contribution in [2.24, 2.45) is 0 Å². The highest BCUT2D eigenvalue weighted by Gasteiger charge is 2.24. The van der Waals surface area contributed by atoms with Gasteiger partial charge in [0.05, 0.1) is 0 Å². The minimum Gasteiger partial charge on any atom is -0.310 e. The molecule has 210 valence electrons. The zero-order valence-corrected chi connectivity index (χ0v) is 24.7. The Balaban J connectivity index is 1.10. The fourth-order valence-electron chi connectivity index (χ4n) is 6.82. The number of nitrogens with zero attached hydrogens (tertiary/aromatic N) is 1. The summed E-state index contributed by atoms with van der Waals surface area (Å²) in [5, 5.41) is 5.07. The van der Waals surface area contributed by atoms with E-state index in [2.05, 4.69) is 181 Å². The van der Waals surface area contributed by atoms with Gasteiger partial charge in [-0.2, -0.15) is 0 Å². The number of hydrogen-bond donors (Lipinski definition) is 0. The lowest BCUT2D eigenvalue weighted by molar-refractivity contribution is 1.29. The molecule has 0 spiro atoms. The van der Waals surface area contributed by atoms with Crippen LogP contribution in [0, 0.1) is 0 Å². The lowest BCUT2D eigenvalue weighted by Crippen LogP contribution is -2.09. The van der Waals surface area contributed by atoms with Crippen LogP contribution >= 0.6 is 0 Å². The number of hydrogen-bond acceptors (Lipinski definition) is 1. The van der Waals surface area contributed by atoms with Crippen molar-refractivity contribution in [1.29, 1.82) is 0 Å². The molecule has 9 rings (SSSR count). The highest BCUT2D eigenvalue weighted by Crippen LogP contribution is 2.51. The van der Waals surface area contributed by atoms with Gasteiger partial charge in [0.1, 0.15) is 0 Å². The Bertz CT molecular complexity index is 2340. The molecule has 8 aromatic carbocycles. The summed E-state index contributed by atoms with van der Waals surface area (Å²) < 4.78 is 0. The van der Waals surface area contributed by atoms with E-state index in [-0.39, 0.29) is 0 Å². The molecule has 0 amide bonds. The van der Waals surface area contributed by atoms with Crippen LogP contribution in [-0.4, -0.2) is 0 Å². The first-order valence-corrected chi connectivity index (χ1v) is 15.5. The Hall–Kier alpha value is -5.92.